The highest BCUT2D eigenvalue weighted by atomic mass is 16.5. The van der Waals surface area contributed by atoms with Gasteiger partial charge in [0.1, 0.15) is 11.9 Å². The van der Waals surface area contributed by atoms with Gasteiger partial charge in [-0.05, 0) is 37.8 Å². The topological polar surface area (TPSA) is 55.6 Å². The first kappa shape index (κ1) is 12.3. The van der Waals surface area contributed by atoms with E-state index in [0.29, 0.717) is 24.1 Å². The van der Waals surface area contributed by atoms with Gasteiger partial charge in [-0.25, -0.2) is 0 Å². The van der Waals surface area contributed by atoms with Crippen molar-refractivity contribution in [3.63, 3.8) is 0 Å². The van der Waals surface area contributed by atoms with Crippen molar-refractivity contribution < 1.29 is 9.53 Å². The minimum absolute atomic E-state index is 0.0956. The molecule has 1 aliphatic heterocycles. The fourth-order valence-corrected chi connectivity index (χ4v) is 2.60. The zero-order valence-corrected chi connectivity index (χ0v) is 11.0. The molecular formula is C15H20N2O2. The van der Waals surface area contributed by atoms with E-state index >= 15 is 0 Å². The van der Waals surface area contributed by atoms with Crippen LogP contribution in [0.5, 0.6) is 5.75 Å². The normalized spacial score (nSPS) is 23.2. The molecule has 0 aromatic heterocycles. The monoisotopic (exact) mass is 260 g/mol. The molecule has 102 valence electrons. The van der Waals surface area contributed by atoms with Crippen molar-refractivity contribution in [2.45, 2.75) is 31.8 Å². The SMILES string of the molecule is Nc1cccc(OC2CCCN(C(=O)C3CC3)C2)c1. The minimum Gasteiger partial charge on any atom is -0.489 e. The molecule has 1 saturated carbocycles. The van der Waals surface area contributed by atoms with Crippen LogP contribution in [0.1, 0.15) is 25.7 Å². The molecule has 3 rings (SSSR count). The van der Waals surface area contributed by atoms with E-state index in [1.54, 1.807) is 0 Å². The Bertz CT molecular complexity index is 471. The fourth-order valence-electron chi connectivity index (χ4n) is 2.60. The van der Waals surface area contributed by atoms with Crippen molar-refractivity contribution in [1.29, 1.82) is 0 Å². The molecule has 1 heterocycles. The summed E-state index contributed by atoms with van der Waals surface area (Å²) in [5.41, 5.74) is 6.45. The Kier molecular flexibility index (Phi) is 3.32. The van der Waals surface area contributed by atoms with Gasteiger partial charge in [0, 0.05) is 24.2 Å². The summed E-state index contributed by atoms with van der Waals surface area (Å²) in [7, 11) is 0. The Morgan fingerprint density at radius 2 is 2.16 bits per heavy atom. The molecule has 0 radical (unpaired) electrons. The summed E-state index contributed by atoms with van der Waals surface area (Å²) in [6.45, 7) is 1.59. The Morgan fingerprint density at radius 3 is 2.89 bits per heavy atom. The van der Waals surface area contributed by atoms with Crippen LogP contribution in [0.3, 0.4) is 0 Å². The van der Waals surface area contributed by atoms with Crippen LogP contribution in [0.15, 0.2) is 24.3 Å². The van der Waals surface area contributed by atoms with E-state index in [2.05, 4.69) is 0 Å². The average Bonchev–Trinajstić information content (AvgIpc) is 3.22. The fraction of sp³-hybridized carbons (Fsp3) is 0.533. The van der Waals surface area contributed by atoms with E-state index in [4.69, 9.17) is 10.5 Å². The molecule has 19 heavy (non-hydrogen) atoms. The molecule has 0 bridgehead atoms. The van der Waals surface area contributed by atoms with E-state index in [1.165, 1.54) is 0 Å². The molecule has 2 fully saturated rings. The first-order valence-corrected chi connectivity index (χ1v) is 7.03. The number of nitrogen functional groups attached to an aromatic ring is 1. The number of carbonyl (C=O) groups excluding carboxylic acids is 1. The van der Waals surface area contributed by atoms with Crippen LogP contribution < -0.4 is 10.5 Å². The van der Waals surface area contributed by atoms with Crippen LogP contribution in [0.4, 0.5) is 5.69 Å². The van der Waals surface area contributed by atoms with Crippen LogP contribution in [-0.4, -0.2) is 30.0 Å². The summed E-state index contributed by atoms with van der Waals surface area (Å²) in [5, 5.41) is 0. The number of anilines is 1. The van der Waals surface area contributed by atoms with Crippen LogP contribution in [0, 0.1) is 5.92 Å². The van der Waals surface area contributed by atoms with E-state index < -0.39 is 0 Å². The number of carbonyl (C=O) groups is 1. The summed E-state index contributed by atoms with van der Waals surface area (Å²) in [4.78, 5) is 14.0. The summed E-state index contributed by atoms with van der Waals surface area (Å²) in [6, 6.07) is 7.48. The average molecular weight is 260 g/mol. The number of amides is 1. The number of hydrogen-bond acceptors (Lipinski definition) is 3. The molecule has 1 aromatic rings. The Labute approximate surface area is 113 Å². The number of benzene rings is 1. The number of likely N-dealkylation sites (tertiary alicyclic amines) is 1. The van der Waals surface area contributed by atoms with Crippen molar-refractivity contribution in [3.8, 4) is 5.75 Å². The highest BCUT2D eigenvalue weighted by Crippen LogP contribution is 2.32. The van der Waals surface area contributed by atoms with Crippen molar-refractivity contribution >= 4 is 11.6 Å². The molecule has 1 saturated heterocycles. The maximum Gasteiger partial charge on any atom is 0.225 e. The molecule has 1 aromatic carbocycles. The van der Waals surface area contributed by atoms with E-state index in [9.17, 15) is 4.79 Å². The summed E-state index contributed by atoms with van der Waals surface area (Å²) in [5.74, 6) is 1.41. The zero-order chi connectivity index (χ0) is 13.2. The van der Waals surface area contributed by atoms with E-state index in [0.717, 1.165) is 38.0 Å². The molecular weight excluding hydrogens is 240 g/mol. The predicted octanol–water partition coefficient (Wildman–Crippen LogP) is 2.05. The Morgan fingerprint density at radius 1 is 1.32 bits per heavy atom. The van der Waals surface area contributed by atoms with E-state index in [-0.39, 0.29) is 6.10 Å². The van der Waals surface area contributed by atoms with Gasteiger partial charge in [-0.3, -0.25) is 4.79 Å². The lowest BCUT2D eigenvalue weighted by Gasteiger charge is -2.33. The first-order valence-electron chi connectivity index (χ1n) is 7.03. The molecule has 1 atom stereocenters. The largest absolute Gasteiger partial charge is 0.489 e. The maximum absolute atomic E-state index is 12.1. The third kappa shape index (κ3) is 3.00. The van der Waals surface area contributed by atoms with E-state index in [1.807, 2.05) is 29.2 Å². The lowest BCUT2D eigenvalue weighted by atomic mass is 10.1. The molecule has 1 aliphatic carbocycles. The van der Waals surface area contributed by atoms with Gasteiger partial charge in [-0.2, -0.15) is 0 Å². The molecule has 1 amide bonds. The molecule has 0 spiro atoms. The number of ether oxygens (including phenoxy) is 1. The van der Waals surface area contributed by atoms with Gasteiger partial charge >= 0.3 is 0 Å². The summed E-state index contributed by atoms with van der Waals surface area (Å²) < 4.78 is 5.94. The van der Waals surface area contributed by atoms with Crippen molar-refractivity contribution in [3.05, 3.63) is 24.3 Å². The molecule has 2 aliphatic rings. The Hall–Kier alpha value is -1.71. The summed E-state index contributed by atoms with van der Waals surface area (Å²) in [6.07, 6.45) is 4.25. The van der Waals surface area contributed by atoms with Crippen molar-refractivity contribution in [1.82, 2.24) is 4.90 Å². The zero-order valence-electron chi connectivity index (χ0n) is 11.0. The maximum atomic E-state index is 12.1. The van der Waals surface area contributed by atoms with Gasteiger partial charge in [0.2, 0.25) is 5.91 Å². The third-order valence-corrected chi connectivity index (χ3v) is 3.78. The molecule has 2 N–H and O–H groups in total. The smallest absolute Gasteiger partial charge is 0.225 e. The third-order valence-electron chi connectivity index (χ3n) is 3.78. The number of nitrogens with zero attached hydrogens (tertiary/aromatic N) is 1. The van der Waals surface area contributed by atoms with Gasteiger partial charge in [-0.1, -0.05) is 6.07 Å². The number of piperidine rings is 1. The van der Waals surface area contributed by atoms with Crippen molar-refractivity contribution in [2.75, 3.05) is 18.8 Å². The van der Waals surface area contributed by atoms with Crippen LogP contribution in [-0.2, 0) is 4.79 Å². The second-order valence-electron chi connectivity index (χ2n) is 5.51. The van der Waals surface area contributed by atoms with Gasteiger partial charge in [-0.15, -0.1) is 0 Å². The van der Waals surface area contributed by atoms with Gasteiger partial charge in [0.05, 0.1) is 6.54 Å². The first-order chi connectivity index (χ1) is 9.22. The predicted molar refractivity (Wildman–Crippen MR) is 73.8 cm³/mol. The van der Waals surface area contributed by atoms with Gasteiger partial charge in [0.25, 0.3) is 0 Å². The van der Waals surface area contributed by atoms with Gasteiger partial charge < -0.3 is 15.4 Å². The molecule has 1 unspecified atom stereocenters. The minimum atomic E-state index is 0.0956. The molecule has 4 nitrogen and oxygen atoms in total. The van der Waals surface area contributed by atoms with Crippen LogP contribution in [0.25, 0.3) is 0 Å². The second-order valence-corrected chi connectivity index (χ2v) is 5.51. The molecule has 4 heteroatoms. The van der Waals surface area contributed by atoms with Gasteiger partial charge in [0.15, 0.2) is 0 Å². The summed E-state index contributed by atoms with van der Waals surface area (Å²) >= 11 is 0. The highest BCUT2D eigenvalue weighted by Gasteiger charge is 2.35. The lowest BCUT2D eigenvalue weighted by molar-refractivity contribution is -0.135. The number of hydrogen-bond donors (Lipinski definition) is 1. The van der Waals surface area contributed by atoms with Crippen LogP contribution in [0.2, 0.25) is 0 Å². The van der Waals surface area contributed by atoms with Crippen LogP contribution >= 0.6 is 0 Å². The highest BCUT2D eigenvalue weighted by molar-refractivity contribution is 5.81. The lowest BCUT2D eigenvalue weighted by Crippen LogP contribution is -2.45. The quantitative estimate of drug-likeness (QED) is 0.846. The number of rotatable bonds is 3. The van der Waals surface area contributed by atoms with Crippen molar-refractivity contribution in [2.24, 2.45) is 5.92 Å². The Balaban J connectivity index is 1.60. The second kappa shape index (κ2) is 5.11. The standard InChI is InChI=1S/C15H20N2O2/c16-12-3-1-4-13(9-12)19-14-5-2-8-17(10-14)15(18)11-6-7-11/h1,3-4,9,11,14H,2,5-8,10,16H2. The number of nitrogens with two attached hydrogens (primary N) is 1.